The molecule has 5 rings (SSSR count). The topological polar surface area (TPSA) is 102 Å². The summed E-state index contributed by atoms with van der Waals surface area (Å²) in [7, 11) is 0. The molecule has 36 heavy (non-hydrogen) atoms. The summed E-state index contributed by atoms with van der Waals surface area (Å²) in [6.07, 6.45) is 7.31. The van der Waals surface area contributed by atoms with Crippen LogP contribution in [0.25, 0.3) is 17.2 Å². The molecule has 0 atom stereocenters. The highest BCUT2D eigenvalue weighted by Crippen LogP contribution is 2.28. The molecule has 0 spiro atoms. The van der Waals surface area contributed by atoms with Crippen LogP contribution in [0.3, 0.4) is 0 Å². The molecular formula is C27H28ClN7O. The first-order valence-corrected chi connectivity index (χ1v) is 12.4. The highest BCUT2D eigenvalue weighted by Gasteiger charge is 2.22. The number of piperidine rings is 1. The van der Waals surface area contributed by atoms with Crippen LogP contribution in [-0.4, -0.2) is 38.5 Å². The van der Waals surface area contributed by atoms with Crippen molar-refractivity contribution in [2.75, 3.05) is 29.0 Å². The molecule has 9 heteroatoms. The number of carbonyl (C=O) groups is 1. The van der Waals surface area contributed by atoms with E-state index in [4.69, 9.17) is 17.3 Å². The van der Waals surface area contributed by atoms with Crippen LogP contribution < -0.4 is 16.0 Å². The molecule has 2 aromatic carbocycles. The van der Waals surface area contributed by atoms with E-state index in [9.17, 15) is 4.79 Å². The number of imidazole rings is 1. The molecule has 1 amide bonds. The highest BCUT2D eigenvalue weighted by atomic mass is 35.5. The van der Waals surface area contributed by atoms with Gasteiger partial charge in [0.1, 0.15) is 0 Å². The average molecular weight is 502 g/mol. The number of nitrogens with one attached hydrogen (secondary N) is 1. The molecule has 3 heterocycles. The Balaban J connectivity index is 1.28. The van der Waals surface area contributed by atoms with Gasteiger partial charge in [0, 0.05) is 19.2 Å². The number of anilines is 3. The zero-order valence-electron chi connectivity index (χ0n) is 20.1. The zero-order chi connectivity index (χ0) is 25.1. The predicted molar refractivity (Wildman–Crippen MR) is 145 cm³/mol. The van der Waals surface area contributed by atoms with Crippen molar-refractivity contribution in [3.05, 3.63) is 77.3 Å². The molecule has 0 radical (unpaired) electrons. The third-order valence-electron chi connectivity index (χ3n) is 6.48. The summed E-state index contributed by atoms with van der Waals surface area (Å²) in [6, 6.07) is 15.1. The molecule has 0 saturated carbocycles. The number of aromatic nitrogens is 4. The first kappa shape index (κ1) is 23.8. The van der Waals surface area contributed by atoms with Gasteiger partial charge in [0.2, 0.25) is 11.2 Å². The lowest BCUT2D eigenvalue weighted by molar-refractivity contribution is -0.111. The van der Waals surface area contributed by atoms with Crippen molar-refractivity contribution in [2.45, 2.75) is 26.3 Å². The van der Waals surface area contributed by atoms with Crippen LogP contribution >= 0.6 is 11.6 Å². The summed E-state index contributed by atoms with van der Waals surface area (Å²) in [5.74, 6) is 1.30. The largest absolute Gasteiger partial charge is 0.397 e. The Morgan fingerprint density at radius 2 is 1.89 bits per heavy atom. The third kappa shape index (κ3) is 5.33. The van der Waals surface area contributed by atoms with E-state index in [0.29, 0.717) is 17.9 Å². The number of amides is 1. The first-order chi connectivity index (χ1) is 17.5. The number of nitrogen functional groups attached to an aromatic ring is 1. The molecule has 3 N–H and O–H groups in total. The fourth-order valence-electron chi connectivity index (χ4n) is 4.35. The number of halogens is 1. The van der Waals surface area contributed by atoms with Crippen molar-refractivity contribution >= 4 is 51.9 Å². The first-order valence-electron chi connectivity index (χ1n) is 12.0. The average Bonchev–Trinajstić information content (AvgIpc) is 3.27. The quantitative estimate of drug-likeness (QED) is 0.219. The normalized spacial score (nSPS) is 14.6. The molecule has 1 aliphatic rings. The summed E-state index contributed by atoms with van der Waals surface area (Å²) < 4.78 is 1.99. The van der Waals surface area contributed by atoms with E-state index >= 15 is 0 Å². The van der Waals surface area contributed by atoms with Crippen molar-refractivity contribution < 1.29 is 4.79 Å². The number of fused-ring (bicyclic) bond motifs is 1. The molecule has 1 fully saturated rings. The lowest BCUT2D eigenvalue weighted by Crippen LogP contribution is -2.33. The van der Waals surface area contributed by atoms with Crippen molar-refractivity contribution in [1.82, 2.24) is 19.5 Å². The lowest BCUT2D eigenvalue weighted by Gasteiger charge is -2.31. The van der Waals surface area contributed by atoms with Crippen LogP contribution in [0.2, 0.25) is 5.28 Å². The van der Waals surface area contributed by atoms with Crippen molar-refractivity contribution in [1.29, 1.82) is 0 Å². The van der Waals surface area contributed by atoms with E-state index in [2.05, 4.69) is 32.1 Å². The molecule has 8 nitrogen and oxygen atoms in total. The summed E-state index contributed by atoms with van der Waals surface area (Å²) in [5.41, 5.74) is 10.5. The Labute approximate surface area is 214 Å². The third-order valence-corrected chi connectivity index (χ3v) is 6.65. The molecule has 4 aromatic rings. The minimum atomic E-state index is -0.239. The smallest absolute Gasteiger partial charge is 0.248 e. The van der Waals surface area contributed by atoms with Crippen molar-refractivity contribution in [3.63, 3.8) is 0 Å². The molecule has 2 aromatic heterocycles. The SMILES string of the molecule is CC1CCN(c2nc(Cl)nc3c2ncn3Cc2ccc(/C=C/C(=O)Nc3ccccc3N)cc2)CC1. The standard InChI is InChI=1S/C27H28ClN7O/c1-18-12-14-34(15-13-18)25-24-26(33-27(28)32-25)35(17-30-24)16-20-8-6-19(7-9-20)10-11-23(36)31-22-5-3-2-4-21(22)29/h2-11,17-18H,12-16,29H2,1H3,(H,31,36)/b11-10+. The Morgan fingerprint density at radius 1 is 1.14 bits per heavy atom. The van der Waals surface area contributed by atoms with Gasteiger partial charge in [0.05, 0.1) is 24.2 Å². The summed E-state index contributed by atoms with van der Waals surface area (Å²) >= 11 is 6.31. The van der Waals surface area contributed by atoms with E-state index < -0.39 is 0 Å². The molecule has 184 valence electrons. The molecular weight excluding hydrogens is 474 g/mol. The van der Waals surface area contributed by atoms with Crippen LogP contribution in [-0.2, 0) is 11.3 Å². The van der Waals surface area contributed by atoms with Gasteiger partial charge in [0.25, 0.3) is 0 Å². The van der Waals surface area contributed by atoms with Crippen LogP contribution in [0.15, 0.2) is 60.9 Å². The molecule has 1 aliphatic heterocycles. The Morgan fingerprint density at radius 3 is 2.64 bits per heavy atom. The number of carbonyl (C=O) groups excluding carboxylic acids is 1. The number of rotatable bonds is 6. The molecule has 0 aliphatic carbocycles. The van der Waals surface area contributed by atoms with Gasteiger partial charge in [-0.3, -0.25) is 4.79 Å². The van der Waals surface area contributed by atoms with Gasteiger partial charge in [-0.1, -0.05) is 43.3 Å². The zero-order valence-corrected chi connectivity index (χ0v) is 20.8. The van der Waals surface area contributed by atoms with E-state index in [1.54, 1.807) is 24.5 Å². The van der Waals surface area contributed by atoms with Crippen molar-refractivity contribution in [2.24, 2.45) is 5.92 Å². The summed E-state index contributed by atoms with van der Waals surface area (Å²) in [4.78, 5) is 28.1. The maximum Gasteiger partial charge on any atom is 0.248 e. The van der Waals surface area contributed by atoms with E-state index in [1.165, 1.54) is 6.08 Å². The Bertz CT molecular complexity index is 1410. The van der Waals surface area contributed by atoms with E-state index in [-0.39, 0.29) is 11.2 Å². The number of nitrogens with two attached hydrogens (primary N) is 1. The van der Waals surface area contributed by atoms with Gasteiger partial charge in [-0.15, -0.1) is 0 Å². The Kier molecular flexibility index (Phi) is 6.86. The number of benzene rings is 2. The highest BCUT2D eigenvalue weighted by molar-refractivity contribution is 6.28. The fourth-order valence-corrected chi connectivity index (χ4v) is 4.51. The van der Waals surface area contributed by atoms with Gasteiger partial charge in [0.15, 0.2) is 17.0 Å². The van der Waals surface area contributed by atoms with Gasteiger partial charge in [-0.2, -0.15) is 9.97 Å². The van der Waals surface area contributed by atoms with E-state index in [1.807, 2.05) is 41.0 Å². The molecule has 0 bridgehead atoms. The lowest BCUT2D eigenvalue weighted by atomic mass is 9.99. The van der Waals surface area contributed by atoms with E-state index in [0.717, 1.165) is 60.0 Å². The Hall–Kier alpha value is -3.91. The van der Waals surface area contributed by atoms with Crippen LogP contribution in [0, 0.1) is 5.92 Å². The van der Waals surface area contributed by atoms with Gasteiger partial charge >= 0.3 is 0 Å². The minimum absolute atomic E-state index is 0.230. The maximum atomic E-state index is 12.2. The fraction of sp³-hybridized carbons (Fsp3) is 0.259. The minimum Gasteiger partial charge on any atom is -0.397 e. The second-order valence-electron chi connectivity index (χ2n) is 9.18. The molecule has 1 saturated heterocycles. The number of nitrogens with zero attached hydrogens (tertiary/aromatic N) is 5. The summed E-state index contributed by atoms with van der Waals surface area (Å²) in [5, 5.41) is 3.02. The van der Waals surface area contributed by atoms with Gasteiger partial charge in [-0.05, 0) is 59.7 Å². The van der Waals surface area contributed by atoms with Crippen LogP contribution in [0.1, 0.15) is 30.9 Å². The second kappa shape index (κ2) is 10.4. The molecule has 0 unspecified atom stereocenters. The van der Waals surface area contributed by atoms with Crippen LogP contribution in [0.4, 0.5) is 17.2 Å². The van der Waals surface area contributed by atoms with Gasteiger partial charge in [-0.25, -0.2) is 4.98 Å². The number of para-hydroxylation sites is 2. The second-order valence-corrected chi connectivity index (χ2v) is 9.52. The van der Waals surface area contributed by atoms with Crippen LogP contribution in [0.5, 0.6) is 0 Å². The van der Waals surface area contributed by atoms with Gasteiger partial charge < -0.3 is 20.5 Å². The monoisotopic (exact) mass is 501 g/mol. The number of hydrogen-bond donors (Lipinski definition) is 2. The number of hydrogen-bond acceptors (Lipinski definition) is 6. The predicted octanol–water partition coefficient (Wildman–Crippen LogP) is 5.00. The maximum absolute atomic E-state index is 12.2. The van der Waals surface area contributed by atoms with Crippen molar-refractivity contribution in [3.8, 4) is 0 Å². The summed E-state index contributed by atoms with van der Waals surface area (Å²) in [6.45, 7) is 4.77.